The zero-order valence-electron chi connectivity index (χ0n) is 27.1. The number of benzene rings is 1. The summed E-state index contributed by atoms with van der Waals surface area (Å²) in [5.41, 5.74) is 0. The Hall–Kier alpha value is -1.78. The maximum absolute atomic E-state index is 9.18. The molecule has 1 aromatic carbocycles. The van der Waals surface area contributed by atoms with Gasteiger partial charge in [-0.05, 0) is 102 Å². The third-order valence-corrected chi connectivity index (χ3v) is 9.32. The fourth-order valence-corrected chi connectivity index (χ4v) is 6.84. The summed E-state index contributed by atoms with van der Waals surface area (Å²) in [5, 5.41) is 9.18. The second kappa shape index (κ2) is 19.8. The van der Waals surface area contributed by atoms with Crippen molar-refractivity contribution in [2.45, 2.75) is 127 Å². The fourth-order valence-electron chi connectivity index (χ4n) is 6.84. The van der Waals surface area contributed by atoms with Crippen molar-refractivity contribution in [1.82, 2.24) is 0 Å². The Morgan fingerprint density at radius 1 is 0.778 bits per heavy atom. The molecule has 3 saturated heterocycles. The Morgan fingerprint density at radius 2 is 1.44 bits per heavy atom. The number of allylic oxidation sites excluding steroid dienone is 2. The first-order valence-corrected chi connectivity index (χ1v) is 17.7. The average molecular weight is 629 g/mol. The number of unbranched alkanes of at least 4 members (excludes halogenated alkanes) is 2. The van der Waals surface area contributed by atoms with Gasteiger partial charge in [0.25, 0.3) is 0 Å². The van der Waals surface area contributed by atoms with Gasteiger partial charge in [0.1, 0.15) is 18.5 Å². The molecule has 3 unspecified atom stereocenters. The molecule has 1 N–H and O–H groups in total. The van der Waals surface area contributed by atoms with Crippen LogP contribution in [0.1, 0.15) is 89.9 Å². The summed E-state index contributed by atoms with van der Waals surface area (Å²) in [6.45, 7) is 2.88. The molecule has 5 rings (SSSR count). The van der Waals surface area contributed by atoms with Gasteiger partial charge in [-0.1, -0.05) is 42.5 Å². The molecule has 4 fully saturated rings. The van der Waals surface area contributed by atoms with Crippen LogP contribution >= 0.6 is 0 Å². The monoisotopic (exact) mass is 628 g/mol. The SMILES string of the molecule is OCCCCC=CC[C@@H]1[C@@H](C=C[C@@H](COc2ccccc2)OC2CCCCO2)[C@H](OC2CCCCO2)C[C@@H]1OC1CCCCO1. The molecule has 0 aromatic heterocycles. The van der Waals surface area contributed by atoms with Crippen LogP contribution in [-0.2, 0) is 28.4 Å². The van der Waals surface area contributed by atoms with Gasteiger partial charge in [-0.25, -0.2) is 0 Å². The molecule has 4 aliphatic rings. The third-order valence-electron chi connectivity index (χ3n) is 9.32. The summed E-state index contributed by atoms with van der Waals surface area (Å²) in [5.74, 6) is 1.16. The van der Waals surface area contributed by atoms with E-state index < -0.39 is 0 Å². The Balaban J connectivity index is 1.34. The maximum atomic E-state index is 9.18. The van der Waals surface area contributed by atoms with E-state index in [1.54, 1.807) is 0 Å². The molecular weight excluding hydrogens is 572 g/mol. The molecule has 252 valence electrons. The number of rotatable bonds is 17. The fraction of sp³-hybridized carbons (Fsp3) is 0.730. The summed E-state index contributed by atoms with van der Waals surface area (Å²) in [6, 6.07) is 9.90. The van der Waals surface area contributed by atoms with E-state index >= 15 is 0 Å². The number of hydrogen-bond acceptors (Lipinski definition) is 8. The number of aliphatic hydroxyl groups excluding tert-OH is 1. The molecule has 0 radical (unpaired) electrons. The number of ether oxygens (including phenoxy) is 7. The van der Waals surface area contributed by atoms with E-state index in [0.29, 0.717) is 6.61 Å². The molecule has 0 spiro atoms. The quantitative estimate of drug-likeness (QED) is 0.144. The highest BCUT2D eigenvalue weighted by Crippen LogP contribution is 2.42. The van der Waals surface area contributed by atoms with Crippen molar-refractivity contribution in [3.05, 3.63) is 54.6 Å². The third kappa shape index (κ3) is 11.8. The minimum absolute atomic E-state index is 0.0139. The Bertz CT molecular complexity index is 968. The van der Waals surface area contributed by atoms with Gasteiger partial charge in [0.2, 0.25) is 0 Å². The molecule has 3 heterocycles. The highest BCUT2D eigenvalue weighted by Gasteiger charge is 2.45. The minimum Gasteiger partial charge on any atom is -0.491 e. The first-order chi connectivity index (χ1) is 22.3. The first kappa shape index (κ1) is 34.6. The van der Waals surface area contributed by atoms with Crippen molar-refractivity contribution in [3.8, 4) is 5.75 Å². The van der Waals surface area contributed by atoms with Crippen LogP contribution in [0.25, 0.3) is 0 Å². The smallest absolute Gasteiger partial charge is 0.158 e. The van der Waals surface area contributed by atoms with Gasteiger partial charge in [-0.2, -0.15) is 0 Å². The predicted molar refractivity (Wildman–Crippen MR) is 173 cm³/mol. The molecule has 8 nitrogen and oxygen atoms in total. The highest BCUT2D eigenvalue weighted by atomic mass is 16.7. The number of aliphatic hydroxyl groups is 1. The topological polar surface area (TPSA) is 84.8 Å². The molecular formula is C37H56O8. The summed E-state index contributed by atoms with van der Waals surface area (Å²) in [4.78, 5) is 0. The average Bonchev–Trinajstić information content (AvgIpc) is 3.40. The lowest BCUT2D eigenvalue weighted by Crippen LogP contribution is -2.32. The van der Waals surface area contributed by atoms with E-state index in [9.17, 15) is 5.11 Å². The molecule has 3 aliphatic heterocycles. The number of hydrogen-bond donors (Lipinski definition) is 1. The van der Waals surface area contributed by atoms with Gasteiger partial charge in [0.05, 0.1) is 12.2 Å². The molecule has 1 saturated carbocycles. The standard InChI is InChI=1S/C37H56O8/c38-23-11-3-1-2-7-17-31-32(22-21-30(43-35-18-8-12-24-39-35)28-42-29-15-5-4-6-16-29)34(45-37-20-10-14-26-41-37)27-33(31)44-36-19-9-13-25-40-36/h2,4-7,15-16,21-22,30-38H,1,3,8-14,17-20,23-28H2/t30-,31+,32+,33-,34+,35?,36?,37?/m0/s1. The molecule has 8 atom stereocenters. The van der Waals surface area contributed by atoms with Crippen LogP contribution in [-0.4, -0.2) is 75.3 Å². The molecule has 1 aliphatic carbocycles. The van der Waals surface area contributed by atoms with Gasteiger partial charge in [0.15, 0.2) is 18.9 Å². The largest absolute Gasteiger partial charge is 0.491 e. The van der Waals surface area contributed by atoms with Crippen LogP contribution in [0.2, 0.25) is 0 Å². The van der Waals surface area contributed by atoms with Crippen molar-refractivity contribution in [2.75, 3.05) is 33.0 Å². The normalized spacial score (nSPS) is 31.9. The van der Waals surface area contributed by atoms with Crippen molar-refractivity contribution in [2.24, 2.45) is 11.8 Å². The van der Waals surface area contributed by atoms with E-state index in [4.69, 9.17) is 33.2 Å². The van der Waals surface area contributed by atoms with E-state index in [0.717, 1.165) is 115 Å². The Labute approximate surface area is 270 Å². The predicted octanol–water partition coefficient (Wildman–Crippen LogP) is 7.10. The van der Waals surface area contributed by atoms with Crippen LogP contribution in [0.3, 0.4) is 0 Å². The van der Waals surface area contributed by atoms with Crippen molar-refractivity contribution in [1.29, 1.82) is 0 Å². The summed E-state index contributed by atoms with van der Waals surface area (Å²) in [6.07, 6.45) is 22.0. The summed E-state index contributed by atoms with van der Waals surface area (Å²) >= 11 is 0. The van der Waals surface area contributed by atoms with Crippen LogP contribution in [0, 0.1) is 11.8 Å². The first-order valence-electron chi connectivity index (χ1n) is 17.7. The molecule has 1 aromatic rings. The maximum Gasteiger partial charge on any atom is 0.158 e. The Morgan fingerprint density at radius 3 is 2.09 bits per heavy atom. The van der Waals surface area contributed by atoms with Crippen molar-refractivity contribution < 1.29 is 38.3 Å². The zero-order chi connectivity index (χ0) is 30.9. The van der Waals surface area contributed by atoms with Crippen LogP contribution in [0.15, 0.2) is 54.6 Å². The molecule has 0 bridgehead atoms. The lowest BCUT2D eigenvalue weighted by molar-refractivity contribution is -0.203. The van der Waals surface area contributed by atoms with Crippen molar-refractivity contribution >= 4 is 0 Å². The van der Waals surface area contributed by atoms with E-state index in [1.165, 1.54) is 0 Å². The van der Waals surface area contributed by atoms with E-state index in [2.05, 4.69) is 24.3 Å². The lowest BCUT2D eigenvalue weighted by atomic mass is 9.89. The van der Waals surface area contributed by atoms with Crippen LogP contribution in [0.4, 0.5) is 0 Å². The van der Waals surface area contributed by atoms with Crippen LogP contribution < -0.4 is 4.74 Å². The van der Waals surface area contributed by atoms with Crippen molar-refractivity contribution in [3.63, 3.8) is 0 Å². The zero-order valence-corrected chi connectivity index (χ0v) is 27.1. The Kier molecular flexibility index (Phi) is 15.2. The molecule has 0 amide bonds. The molecule has 45 heavy (non-hydrogen) atoms. The van der Waals surface area contributed by atoms with Gasteiger partial charge in [-0.15, -0.1) is 0 Å². The van der Waals surface area contributed by atoms with E-state index in [-0.39, 0.29) is 55.6 Å². The summed E-state index contributed by atoms with van der Waals surface area (Å²) < 4.78 is 44.2. The van der Waals surface area contributed by atoms with Gasteiger partial charge < -0.3 is 38.3 Å². The summed E-state index contributed by atoms with van der Waals surface area (Å²) in [7, 11) is 0. The minimum atomic E-state index is -0.267. The van der Waals surface area contributed by atoms with Gasteiger partial charge in [-0.3, -0.25) is 0 Å². The second-order valence-electron chi connectivity index (χ2n) is 12.8. The number of para-hydroxylation sites is 1. The van der Waals surface area contributed by atoms with Gasteiger partial charge >= 0.3 is 0 Å². The second-order valence-corrected chi connectivity index (χ2v) is 12.8. The highest BCUT2D eigenvalue weighted by molar-refractivity contribution is 5.21. The van der Waals surface area contributed by atoms with Gasteiger partial charge in [0, 0.05) is 38.8 Å². The van der Waals surface area contributed by atoms with E-state index in [1.807, 2.05) is 30.3 Å². The lowest BCUT2D eigenvalue weighted by Gasteiger charge is -2.30. The van der Waals surface area contributed by atoms with Crippen LogP contribution in [0.5, 0.6) is 5.75 Å². The molecule has 8 heteroatoms.